The lowest BCUT2D eigenvalue weighted by Gasteiger charge is -2.41. The van der Waals surface area contributed by atoms with Gasteiger partial charge in [0.2, 0.25) is 0 Å². The number of benzene rings is 1. The second-order valence-corrected chi connectivity index (χ2v) is 12.1. The van der Waals surface area contributed by atoms with E-state index in [0.717, 1.165) is 30.7 Å². The monoisotopic (exact) mass is 442 g/mol. The first-order valence-corrected chi connectivity index (χ1v) is 13.5. The summed E-state index contributed by atoms with van der Waals surface area (Å²) in [7, 11) is 0. The van der Waals surface area contributed by atoms with Crippen LogP contribution in [-0.2, 0) is 0 Å². The van der Waals surface area contributed by atoms with E-state index in [2.05, 4.69) is 68.7 Å². The first-order valence-electron chi connectivity index (χ1n) is 13.5. The van der Waals surface area contributed by atoms with Crippen LogP contribution in [-0.4, -0.2) is 43.7 Å². The minimum absolute atomic E-state index is 0.431. The molecular weight excluding hydrogens is 392 g/mol. The van der Waals surface area contributed by atoms with E-state index in [4.69, 9.17) is 4.74 Å². The molecule has 182 valence electrons. The molecule has 3 nitrogen and oxygen atoms in total. The van der Waals surface area contributed by atoms with Crippen LogP contribution in [0.3, 0.4) is 0 Å². The van der Waals surface area contributed by atoms with Crippen molar-refractivity contribution in [1.29, 1.82) is 0 Å². The van der Waals surface area contributed by atoms with Crippen LogP contribution in [0.2, 0.25) is 0 Å². The number of anilines is 1. The average molecular weight is 443 g/mol. The van der Waals surface area contributed by atoms with Crippen LogP contribution < -0.4 is 9.64 Å². The Morgan fingerprint density at radius 1 is 0.969 bits per heavy atom. The molecular formula is C29H50N2O. The zero-order valence-corrected chi connectivity index (χ0v) is 21.7. The van der Waals surface area contributed by atoms with Gasteiger partial charge in [0.15, 0.2) is 0 Å². The minimum atomic E-state index is 0.431. The van der Waals surface area contributed by atoms with Gasteiger partial charge in [-0.3, -0.25) is 0 Å². The van der Waals surface area contributed by atoms with Crippen LogP contribution in [0.15, 0.2) is 24.3 Å². The molecule has 2 fully saturated rings. The third kappa shape index (κ3) is 8.61. The molecule has 3 heteroatoms. The Labute approximate surface area is 198 Å². The molecule has 0 bridgehead atoms. The highest BCUT2D eigenvalue weighted by molar-refractivity contribution is 5.50. The van der Waals surface area contributed by atoms with Gasteiger partial charge < -0.3 is 14.5 Å². The van der Waals surface area contributed by atoms with Crippen LogP contribution in [0.5, 0.6) is 5.75 Å². The van der Waals surface area contributed by atoms with Crippen molar-refractivity contribution in [2.45, 2.75) is 98.4 Å². The molecule has 0 aromatic heterocycles. The highest BCUT2D eigenvalue weighted by Gasteiger charge is 2.26. The molecule has 1 saturated carbocycles. The third-order valence-corrected chi connectivity index (χ3v) is 7.50. The van der Waals surface area contributed by atoms with Crippen molar-refractivity contribution in [2.75, 3.05) is 37.7 Å². The standard InChI is InChI=1S/C29H50N2O/c1-24(2)15-21-31(27-16-19-30(20-17-27)22-18-29(3,4)5)26-11-13-28(14-12-26)32-23-25-9-7-6-8-10-25/h11-14,24-25,27H,6-10,15-23H2,1-5H3. The van der Waals surface area contributed by atoms with E-state index in [0.29, 0.717) is 11.5 Å². The predicted molar refractivity (Wildman–Crippen MR) is 139 cm³/mol. The molecule has 32 heavy (non-hydrogen) atoms. The number of rotatable bonds is 10. The molecule has 0 spiro atoms. The number of piperidine rings is 1. The summed E-state index contributed by atoms with van der Waals surface area (Å²) in [5.74, 6) is 2.54. The highest BCUT2D eigenvalue weighted by atomic mass is 16.5. The first-order chi connectivity index (χ1) is 15.3. The Kier molecular flexibility index (Phi) is 9.77. The number of hydrogen-bond acceptors (Lipinski definition) is 3. The van der Waals surface area contributed by atoms with E-state index in [1.807, 2.05) is 0 Å². The molecule has 0 unspecified atom stereocenters. The van der Waals surface area contributed by atoms with Crippen molar-refractivity contribution in [1.82, 2.24) is 4.90 Å². The van der Waals surface area contributed by atoms with Crippen LogP contribution in [0.25, 0.3) is 0 Å². The lowest BCUT2D eigenvalue weighted by atomic mass is 9.90. The minimum Gasteiger partial charge on any atom is -0.493 e. The summed E-state index contributed by atoms with van der Waals surface area (Å²) < 4.78 is 6.17. The Balaban J connectivity index is 1.55. The second kappa shape index (κ2) is 12.3. The van der Waals surface area contributed by atoms with E-state index < -0.39 is 0 Å². The lowest BCUT2D eigenvalue weighted by Crippen LogP contribution is -2.46. The lowest BCUT2D eigenvalue weighted by molar-refractivity contribution is 0.182. The van der Waals surface area contributed by atoms with Gasteiger partial charge in [0.05, 0.1) is 6.61 Å². The quantitative estimate of drug-likeness (QED) is 0.375. The summed E-state index contributed by atoms with van der Waals surface area (Å²) in [5.41, 5.74) is 1.81. The molecule has 0 N–H and O–H groups in total. The van der Waals surface area contributed by atoms with E-state index in [9.17, 15) is 0 Å². The number of nitrogens with zero attached hydrogens (tertiary/aromatic N) is 2. The highest BCUT2D eigenvalue weighted by Crippen LogP contribution is 2.29. The van der Waals surface area contributed by atoms with Gasteiger partial charge in [-0.25, -0.2) is 0 Å². The van der Waals surface area contributed by atoms with Crippen molar-refractivity contribution >= 4 is 5.69 Å². The fourth-order valence-electron chi connectivity index (χ4n) is 5.17. The fourth-order valence-corrected chi connectivity index (χ4v) is 5.17. The van der Waals surface area contributed by atoms with E-state index in [1.165, 1.54) is 83.1 Å². The molecule has 1 heterocycles. The van der Waals surface area contributed by atoms with E-state index in [-0.39, 0.29) is 0 Å². The molecule has 3 rings (SSSR count). The average Bonchev–Trinajstić information content (AvgIpc) is 2.78. The van der Waals surface area contributed by atoms with Crippen LogP contribution in [0, 0.1) is 17.3 Å². The molecule has 0 amide bonds. The number of hydrogen-bond donors (Lipinski definition) is 0. The molecule has 1 saturated heterocycles. The maximum atomic E-state index is 6.17. The molecule has 1 aliphatic carbocycles. The summed E-state index contributed by atoms with van der Waals surface area (Å²) in [5, 5.41) is 0. The summed E-state index contributed by atoms with van der Waals surface area (Å²) in [4.78, 5) is 5.39. The largest absolute Gasteiger partial charge is 0.493 e. The summed E-state index contributed by atoms with van der Waals surface area (Å²) in [6.45, 7) is 17.5. The molecule has 0 radical (unpaired) electrons. The van der Waals surface area contributed by atoms with E-state index >= 15 is 0 Å². The van der Waals surface area contributed by atoms with Gasteiger partial charge >= 0.3 is 0 Å². The van der Waals surface area contributed by atoms with Gasteiger partial charge in [-0.2, -0.15) is 0 Å². The number of ether oxygens (including phenoxy) is 1. The predicted octanol–water partition coefficient (Wildman–Crippen LogP) is 7.40. The summed E-state index contributed by atoms with van der Waals surface area (Å²) in [6.07, 6.45) is 12.0. The zero-order chi connectivity index (χ0) is 23.0. The van der Waals surface area contributed by atoms with Gasteiger partial charge in [0, 0.05) is 31.4 Å². The van der Waals surface area contributed by atoms with Crippen molar-refractivity contribution in [3.8, 4) is 5.75 Å². The van der Waals surface area contributed by atoms with Gasteiger partial charge in [0.1, 0.15) is 5.75 Å². The molecule has 0 atom stereocenters. The van der Waals surface area contributed by atoms with Gasteiger partial charge in [-0.15, -0.1) is 0 Å². The third-order valence-electron chi connectivity index (χ3n) is 7.50. The SMILES string of the molecule is CC(C)CCN(c1ccc(OCC2CCCCC2)cc1)C1CCN(CCC(C)(C)C)CC1. The Morgan fingerprint density at radius 3 is 2.22 bits per heavy atom. The zero-order valence-electron chi connectivity index (χ0n) is 21.7. The molecule has 2 aliphatic rings. The molecule has 1 aromatic carbocycles. The fraction of sp³-hybridized carbons (Fsp3) is 0.793. The Morgan fingerprint density at radius 2 is 1.62 bits per heavy atom. The summed E-state index contributed by atoms with van der Waals surface area (Å²) >= 11 is 0. The van der Waals surface area contributed by atoms with Gasteiger partial charge in [-0.05, 0) is 86.6 Å². The van der Waals surface area contributed by atoms with Crippen LogP contribution >= 0.6 is 0 Å². The normalized spacial score (nSPS) is 19.4. The van der Waals surface area contributed by atoms with Crippen LogP contribution in [0.4, 0.5) is 5.69 Å². The maximum absolute atomic E-state index is 6.17. The molecule has 1 aromatic rings. The second-order valence-electron chi connectivity index (χ2n) is 12.1. The van der Waals surface area contributed by atoms with Crippen LogP contribution in [0.1, 0.15) is 92.4 Å². The van der Waals surface area contributed by atoms with Gasteiger partial charge in [0.25, 0.3) is 0 Å². The van der Waals surface area contributed by atoms with Gasteiger partial charge in [-0.1, -0.05) is 53.9 Å². The first kappa shape index (κ1) is 25.4. The summed E-state index contributed by atoms with van der Waals surface area (Å²) in [6, 6.07) is 9.69. The van der Waals surface area contributed by atoms with Crippen molar-refractivity contribution in [2.24, 2.45) is 17.3 Å². The van der Waals surface area contributed by atoms with Crippen molar-refractivity contribution in [3.63, 3.8) is 0 Å². The number of likely N-dealkylation sites (tertiary alicyclic amines) is 1. The Hall–Kier alpha value is -1.22. The maximum Gasteiger partial charge on any atom is 0.119 e. The smallest absolute Gasteiger partial charge is 0.119 e. The van der Waals surface area contributed by atoms with Crippen molar-refractivity contribution < 1.29 is 4.74 Å². The topological polar surface area (TPSA) is 15.7 Å². The molecule has 1 aliphatic heterocycles. The van der Waals surface area contributed by atoms with Crippen molar-refractivity contribution in [3.05, 3.63) is 24.3 Å². The Bertz CT molecular complexity index is 634. The van der Waals surface area contributed by atoms with E-state index in [1.54, 1.807) is 0 Å².